The lowest BCUT2D eigenvalue weighted by Gasteiger charge is -2.06. The number of halogens is 1. The SMILES string of the molecule is Cc1ccsc1Cn1c(N)nc2ccc(Cl)cc21. The summed E-state index contributed by atoms with van der Waals surface area (Å²) in [6, 6.07) is 7.74. The van der Waals surface area contributed by atoms with Crippen LogP contribution in [0, 0.1) is 6.92 Å². The van der Waals surface area contributed by atoms with Crippen LogP contribution < -0.4 is 5.73 Å². The van der Waals surface area contributed by atoms with E-state index < -0.39 is 0 Å². The molecule has 0 radical (unpaired) electrons. The lowest BCUT2D eigenvalue weighted by Crippen LogP contribution is -2.04. The van der Waals surface area contributed by atoms with E-state index in [0.29, 0.717) is 11.0 Å². The van der Waals surface area contributed by atoms with Crippen molar-refractivity contribution in [3.05, 3.63) is 45.1 Å². The number of anilines is 1. The number of rotatable bonds is 2. The average Bonchev–Trinajstić information content (AvgIpc) is 2.86. The number of hydrogen-bond donors (Lipinski definition) is 1. The van der Waals surface area contributed by atoms with Crippen molar-refractivity contribution in [1.82, 2.24) is 9.55 Å². The van der Waals surface area contributed by atoms with Crippen molar-refractivity contribution in [2.45, 2.75) is 13.5 Å². The Labute approximate surface area is 114 Å². The van der Waals surface area contributed by atoms with Crippen molar-refractivity contribution in [3.63, 3.8) is 0 Å². The third-order valence-electron chi connectivity index (χ3n) is 3.01. The van der Waals surface area contributed by atoms with E-state index in [4.69, 9.17) is 17.3 Å². The Morgan fingerprint density at radius 1 is 1.39 bits per heavy atom. The van der Waals surface area contributed by atoms with Crippen molar-refractivity contribution < 1.29 is 0 Å². The van der Waals surface area contributed by atoms with E-state index in [9.17, 15) is 0 Å². The normalized spacial score (nSPS) is 11.2. The standard InChI is InChI=1S/C13H12ClN3S/c1-8-4-5-18-12(8)7-17-11-6-9(14)2-3-10(11)16-13(17)15/h2-6H,7H2,1H3,(H2,15,16). The van der Waals surface area contributed by atoms with Gasteiger partial charge in [-0.25, -0.2) is 4.98 Å². The topological polar surface area (TPSA) is 43.8 Å². The number of nitrogens with two attached hydrogens (primary N) is 1. The van der Waals surface area contributed by atoms with Crippen LogP contribution in [-0.4, -0.2) is 9.55 Å². The number of fused-ring (bicyclic) bond motifs is 1. The Bertz CT molecular complexity index is 714. The molecule has 0 unspecified atom stereocenters. The van der Waals surface area contributed by atoms with E-state index in [1.807, 2.05) is 22.8 Å². The van der Waals surface area contributed by atoms with Crippen LogP contribution in [0.2, 0.25) is 5.02 Å². The molecule has 0 saturated carbocycles. The predicted octanol–water partition coefficient (Wildman–Crippen LogP) is 3.69. The van der Waals surface area contributed by atoms with Gasteiger partial charge in [-0.1, -0.05) is 11.6 Å². The molecule has 0 atom stereocenters. The maximum Gasteiger partial charge on any atom is 0.201 e. The summed E-state index contributed by atoms with van der Waals surface area (Å²) in [5.74, 6) is 0.528. The predicted molar refractivity (Wildman–Crippen MR) is 77.3 cm³/mol. The maximum absolute atomic E-state index is 6.03. The zero-order valence-electron chi connectivity index (χ0n) is 9.85. The molecule has 3 nitrogen and oxygen atoms in total. The molecule has 0 saturated heterocycles. The van der Waals surface area contributed by atoms with Crippen molar-refractivity contribution in [1.29, 1.82) is 0 Å². The summed E-state index contributed by atoms with van der Waals surface area (Å²) < 4.78 is 2.00. The van der Waals surface area contributed by atoms with Gasteiger partial charge in [0.25, 0.3) is 0 Å². The minimum absolute atomic E-state index is 0.528. The summed E-state index contributed by atoms with van der Waals surface area (Å²) in [6.45, 7) is 2.85. The van der Waals surface area contributed by atoms with Crippen LogP contribution in [0.25, 0.3) is 11.0 Å². The second kappa shape index (κ2) is 4.30. The van der Waals surface area contributed by atoms with E-state index in [2.05, 4.69) is 23.4 Å². The Morgan fingerprint density at radius 3 is 2.94 bits per heavy atom. The maximum atomic E-state index is 6.03. The fourth-order valence-electron chi connectivity index (χ4n) is 1.99. The molecule has 0 fully saturated rings. The molecule has 0 amide bonds. The molecule has 0 aliphatic rings. The van der Waals surface area contributed by atoms with Crippen LogP contribution in [-0.2, 0) is 6.54 Å². The summed E-state index contributed by atoms with van der Waals surface area (Å²) in [7, 11) is 0. The number of aryl methyl sites for hydroxylation is 1. The molecule has 2 N–H and O–H groups in total. The molecule has 0 aliphatic carbocycles. The van der Waals surface area contributed by atoms with E-state index in [1.165, 1.54) is 10.4 Å². The molecule has 0 bridgehead atoms. The zero-order chi connectivity index (χ0) is 12.7. The summed E-state index contributed by atoms with van der Waals surface area (Å²) in [5.41, 5.74) is 9.12. The second-order valence-electron chi connectivity index (χ2n) is 4.22. The fraction of sp³-hybridized carbons (Fsp3) is 0.154. The van der Waals surface area contributed by atoms with Gasteiger partial charge in [-0.15, -0.1) is 11.3 Å². The zero-order valence-corrected chi connectivity index (χ0v) is 11.4. The monoisotopic (exact) mass is 277 g/mol. The van der Waals surface area contributed by atoms with Crippen LogP contribution in [0.4, 0.5) is 5.95 Å². The first-order valence-corrected chi connectivity index (χ1v) is 6.85. The molecule has 5 heteroatoms. The van der Waals surface area contributed by atoms with Crippen LogP contribution in [0.15, 0.2) is 29.6 Å². The molecule has 2 aromatic heterocycles. The van der Waals surface area contributed by atoms with Gasteiger partial charge in [-0.3, -0.25) is 0 Å². The number of aromatic nitrogens is 2. The van der Waals surface area contributed by atoms with Gasteiger partial charge in [-0.2, -0.15) is 0 Å². The molecule has 92 valence electrons. The lowest BCUT2D eigenvalue weighted by molar-refractivity contribution is 0.848. The summed E-state index contributed by atoms with van der Waals surface area (Å²) in [6.07, 6.45) is 0. The summed E-state index contributed by atoms with van der Waals surface area (Å²) in [5, 5.41) is 2.79. The fourth-order valence-corrected chi connectivity index (χ4v) is 3.05. The minimum atomic E-state index is 0.528. The second-order valence-corrected chi connectivity index (χ2v) is 5.65. The number of nitrogen functional groups attached to an aromatic ring is 1. The van der Waals surface area contributed by atoms with Crippen molar-refractivity contribution in [3.8, 4) is 0 Å². The van der Waals surface area contributed by atoms with Gasteiger partial charge in [0.2, 0.25) is 5.95 Å². The van der Waals surface area contributed by atoms with Crippen LogP contribution in [0.1, 0.15) is 10.4 Å². The average molecular weight is 278 g/mol. The van der Waals surface area contributed by atoms with Crippen LogP contribution >= 0.6 is 22.9 Å². The van der Waals surface area contributed by atoms with Crippen LogP contribution in [0.3, 0.4) is 0 Å². The highest BCUT2D eigenvalue weighted by atomic mass is 35.5. The highest BCUT2D eigenvalue weighted by Gasteiger charge is 2.10. The Kier molecular flexibility index (Phi) is 2.76. The first kappa shape index (κ1) is 11.6. The number of thiophene rings is 1. The highest BCUT2D eigenvalue weighted by molar-refractivity contribution is 7.10. The Morgan fingerprint density at radius 2 is 2.22 bits per heavy atom. The van der Waals surface area contributed by atoms with Crippen LogP contribution in [0.5, 0.6) is 0 Å². The molecule has 18 heavy (non-hydrogen) atoms. The van der Waals surface area contributed by atoms with E-state index in [-0.39, 0.29) is 0 Å². The van der Waals surface area contributed by atoms with Crippen molar-refractivity contribution in [2.75, 3.05) is 5.73 Å². The molecule has 1 aromatic carbocycles. The van der Waals surface area contributed by atoms with E-state index >= 15 is 0 Å². The molecule has 0 aliphatic heterocycles. The molecular formula is C13H12ClN3S. The summed E-state index contributed by atoms with van der Waals surface area (Å²) >= 11 is 7.77. The first-order valence-electron chi connectivity index (χ1n) is 5.59. The minimum Gasteiger partial charge on any atom is -0.369 e. The van der Waals surface area contributed by atoms with Crippen molar-refractivity contribution in [2.24, 2.45) is 0 Å². The molecule has 2 heterocycles. The third-order valence-corrected chi connectivity index (χ3v) is 4.25. The Hall–Kier alpha value is -1.52. The highest BCUT2D eigenvalue weighted by Crippen LogP contribution is 2.25. The number of imidazole rings is 1. The third kappa shape index (κ3) is 1.87. The van der Waals surface area contributed by atoms with Crippen molar-refractivity contribution >= 4 is 39.9 Å². The van der Waals surface area contributed by atoms with E-state index in [0.717, 1.165) is 17.6 Å². The van der Waals surface area contributed by atoms with Gasteiger partial charge >= 0.3 is 0 Å². The number of benzene rings is 1. The number of nitrogens with zero attached hydrogens (tertiary/aromatic N) is 2. The van der Waals surface area contributed by atoms with Gasteiger partial charge in [0.1, 0.15) is 0 Å². The Balaban J connectivity index is 2.13. The molecule has 3 rings (SSSR count). The quantitative estimate of drug-likeness (QED) is 0.776. The van der Waals surface area contributed by atoms with Gasteiger partial charge in [-0.05, 0) is 42.1 Å². The van der Waals surface area contributed by atoms with Gasteiger partial charge < -0.3 is 10.3 Å². The van der Waals surface area contributed by atoms with E-state index in [1.54, 1.807) is 11.3 Å². The molecule has 0 spiro atoms. The van der Waals surface area contributed by atoms with Gasteiger partial charge in [0, 0.05) is 9.90 Å². The molecule has 3 aromatic rings. The van der Waals surface area contributed by atoms with Gasteiger partial charge in [0.05, 0.1) is 17.6 Å². The summed E-state index contributed by atoms with van der Waals surface area (Å²) in [4.78, 5) is 5.64. The lowest BCUT2D eigenvalue weighted by atomic mass is 10.3. The van der Waals surface area contributed by atoms with Gasteiger partial charge in [0.15, 0.2) is 0 Å². The first-order chi connectivity index (χ1) is 8.65. The molecular weight excluding hydrogens is 266 g/mol. The largest absolute Gasteiger partial charge is 0.369 e. The number of hydrogen-bond acceptors (Lipinski definition) is 3. The smallest absolute Gasteiger partial charge is 0.201 e.